The Morgan fingerprint density at radius 1 is 1.00 bits per heavy atom. The molecule has 8 heteroatoms. The highest BCUT2D eigenvalue weighted by molar-refractivity contribution is 5.95. The molecule has 1 aromatic rings. The van der Waals surface area contributed by atoms with Gasteiger partial charge in [-0.05, 0) is 42.9 Å². The lowest BCUT2D eigenvalue weighted by atomic mass is 9.94. The molecule has 26 heavy (non-hydrogen) atoms. The van der Waals surface area contributed by atoms with Crippen LogP contribution in [0.4, 0.5) is 26.3 Å². The lowest BCUT2D eigenvalue weighted by Gasteiger charge is -2.17. The van der Waals surface area contributed by atoms with E-state index >= 15 is 0 Å². The van der Waals surface area contributed by atoms with Gasteiger partial charge >= 0.3 is 12.4 Å². The van der Waals surface area contributed by atoms with Crippen LogP contribution >= 0.6 is 0 Å². The number of carbonyl (C=O) groups excluding carboxylic acids is 1. The number of hydrogen-bond acceptors (Lipinski definition) is 1. The number of halogens is 6. The van der Waals surface area contributed by atoms with Crippen molar-refractivity contribution in [3.8, 4) is 0 Å². The molecule has 0 bridgehead atoms. The van der Waals surface area contributed by atoms with Crippen molar-refractivity contribution in [3.05, 3.63) is 34.9 Å². The molecule has 0 aromatic heterocycles. The van der Waals surface area contributed by atoms with Gasteiger partial charge in [0.05, 0.1) is 11.1 Å². The summed E-state index contributed by atoms with van der Waals surface area (Å²) in [5.74, 6) is -0.902. The third-order valence-corrected chi connectivity index (χ3v) is 4.84. The van der Waals surface area contributed by atoms with Gasteiger partial charge in [0.25, 0.3) is 5.91 Å². The number of nitrogens with one attached hydrogen (secondary N) is 1. The average Bonchev–Trinajstić information content (AvgIpc) is 3.17. The summed E-state index contributed by atoms with van der Waals surface area (Å²) in [6.45, 7) is 3.99. The molecule has 1 fully saturated rings. The summed E-state index contributed by atoms with van der Waals surface area (Å²) in [4.78, 5) is 12.3. The van der Waals surface area contributed by atoms with E-state index in [2.05, 4.69) is 5.32 Å². The molecule has 146 valence electrons. The molecular formula is C18H21F6NO. The topological polar surface area (TPSA) is 29.1 Å². The normalized spacial score (nSPS) is 19.3. The number of benzene rings is 1. The fraction of sp³-hybridized carbons (Fsp3) is 0.611. The molecule has 1 amide bonds. The Morgan fingerprint density at radius 2 is 1.46 bits per heavy atom. The third-order valence-electron chi connectivity index (χ3n) is 4.84. The van der Waals surface area contributed by atoms with Gasteiger partial charge in [0.15, 0.2) is 0 Å². The molecule has 1 aromatic carbocycles. The van der Waals surface area contributed by atoms with Gasteiger partial charge in [-0.15, -0.1) is 0 Å². The van der Waals surface area contributed by atoms with Crippen LogP contribution in [0.3, 0.4) is 0 Å². The molecule has 1 N–H and O–H groups in total. The van der Waals surface area contributed by atoms with Crippen LogP contribution in [0, 0.1) is 5.41 Å². The Morgan fingerprint density at radius 3 is 1.85 bits per heavy atom. The van der Waals surface area contributed by atoms with Crippen molar-refractivity contribution in [2.75, 3.05) is 0 Å². The summed E-state index contributed by atoms with van der Waals surface area (Å²) in [6.07, 6.45) is -5.72. The molecule has 0 heterocycles. The molecule has 0 aliphatic heterocycles. The number of amides is 1. The van der Waals surface area contributed by atoms with Crippen LogP contribution in [0.1, 0.15) is 67.4 Å². The van der Waals surface area contributed by atoms with E-state index < -0.39 is 35.0 Å². The fourth-order valence-corrected chi connectivity index (χ4v) is 3.55. The standard InChI is InChI=1S/C18H21F6NO/c1-3-5-16(6-4-2)10-14(16)25-15(26)11-7-12(17(19,20)21)9-13(8-11)18(22,23)24/h7-9,14H,3-6,10H2,1-2H3,(H,25,26). The van der Waals surface area contributed by atoms with Crippen LogP contribution in [-0.4, -0.2) is 11.9 Å². The number of hydrogen-bond donors (Lipinski definition) is 1. The van der Waals surface area contributed by atoms with E-state index in [4.69, 9.17) is 0 Å². The summed E-state index contributed by atoms with van der Waals surface area (Å²) in [5, 5.41) is 2.61. The first-order valence-corrected chi connectivity index (χ1v) is 8.53. The van der Waals surface area contributed by atoms with Gasteiger partial charge in [0, 0.05) is 11.6 Å². The molecule has 0 saturated heterocycles. The minimum Gasteiger partial charge on any atom is -0.349 e. The van der Waals surface area contributed by atoms with Crippen LogP contribution in [0.25, 0.3) is 0 Å². The van der Waals surface area contributed by atoms with Crippen molar-refractivity contribution in [1.29, 1.82) is 0 Å². The largest absolute Gasteiger partial charge is 0.416 e. The smallest absolute Gasteiger partial charge is 0.349 e. The molecule has 1 aliphatic rings. The van der Waals surface area contributed by atoms with Crippen molar-refractivity contribution >= 4 is 5.91 Å². The van der Waals surface area contributed by atoms with E-state index in [1.807, 2.05) is 13.8 Å². The zero-order valence-corrected chi connectivity index (χ0v) is 14.5. The van der Waals surface area contributed by atoms with Gasteiger partial charge in [0.1, 0.15) is 0 Å². The van der Waals surface area contributed by atoms with E-state index in [0.29, 0.717) is 18.6 Å². The Hall–Kier alpha value is -1.73. The van der Waals surface area contributed by atoms with Gasteiger partial charge < -0.3 is 5.32 Å². The van der Waals surface area contributed by atoms with Crippen molar-refractivity contribution in [1.82, 2.24) is 5.32 Å². The predicted octanol–water partition coefficient (Wildman–Crippen LogP) is 5.81. The van der Waals surface area contributed by atoms with Crippen LogP contribution in [0.2, 0.25) is 0 Å². The zero-order chi connectivity index (χ0) is 19.8. The minimum atomic E-state index is -4.97. The minimum absolute atomic E-state index is 0.0202. The Bertz CT molecular complexity index is 626. The molecule has 1 atom stereocenters. The highest BCUT2D eigenvalue weighted by Crippen LogP contribution is 2.53. The third kappa shape index (κ3) is 4.51. The number of rotatable bonds is 6. The maximum atomic E-state index is 12.9. The molecule has 2 rings (SSSR count). The highest BCUT2D eigenvalue weighted by atomic mass is 19.4. The van der Waals surface area contributed by atoms with E-state index in [0.717, 1.165) is 25.7 Å². The SMILES string of the molecule is CCCC1(CCC)CC1NC(=O)c1cc(C(F)(F)F)cc(C(F)(F)F)c1. The summed E-state index contributed by atoms with van der Waals surface area (Å²) < 4.78 is 77.4. The van der Waals surface area contributed by atoms with E-state index in [9.17, 15) is 31.1 Å². The fourth-order valence-electron chi connectivity index (χ4n) is 3.55. The Kier molecular flexibility index (Phi) is 5.63. The van der Waals surface area contributed by atoms with E-state index in [1.165, 1.54) is 0 Å². The Labute approximate surface area is 148 Å². The molecular weight excluding hydrogens is 360 g/mol. The second-order valence-electron chi connectivity index (χ2n) is 6.89. The van der Waals surface area contributed by atoms with Gasteiger partial charge in [-0.2, -0.15) is 26.3 Å². The van der Waals surface area contributed by atoms with Crippen LogP contribution in [-0.2, 0) is 12.4 Å². The highest BCUT2D eigenvalue weighted by Gasteiger charge is 2.53. The molecule has 1 aliphatic carbocycles. The first kappa shape index (κ1) is 20.6. The summed E-state index contributed by atoms with van der Waals surface area (Å²) >= 11 is 0. The van der Waals surface area contributed by atoms with E-state index in [-0.39, 0.29) is 17.5 Å². The van der Waals surface area contributed by atoms with Crippen LogP contribution in [0.5, 0.6) is 0 Å². The maximum absolute atomic E-state index is 12.9. The summed E-state index contributed by atoms with van der Waals surface area (Å²) in [7, 11) is 0. The average molecular weight is 381 g/mol. The Balaban J connectivity index is 2.26. The molecule has 1 unspecified atom stereocenters. The monoisotopic (exact) mass is 381 g/mol. The van der Waals surface area contributed by atoms with Crippen LogP contribution in [0.15, 0.2) is 18.2 Å². The lowest BCUT2D eigenvalue weighted by molar-refractivity contribution is -0.143. The van der Waals surface area contributed by atoms with Crippen molar-refractivity contribution in [2.24, 2.45) is 5.41 Å². The quantitative estimate of drug-likeness (QED) is 0.619. The van der Waals surface area contributed by atoms with Crippen LogP contribution < -0.4 is 5.32 Å². The number of carbonyl (C=O) groups is 1. The van der Waals surface area contributed by atoms with Crippen molar-refractivity contribution in [3.63, 3.8) is 0 Å². The predicted molar refractivity (Wildman–Crippen MR) is 84.6 cm³/mol. The summed E-state index contributed by atoms with van der Waals surface area (Å²) in [5.41, 5.74) is -3.68. The zero-order valence-electron chi connectivity index (χ0n) is 14.5. The van der Waals surface area contributed by atoms with Crippen molar-refractivity contribution < 1.29 is 31.1 Å². The lowest BCUT2D eigenvalue weighted by Crippen LogP contribution is -2.30. The molecule has 1 saturated carbocycles. The van der Waals surface area contributed by atoms with Gasteiger partial charge in [-0.1, -0.05) is 26.7 Å². The second-order valence-corrected chi connectivity index (χ2v) is 6.89. The van der Waals surface area contributed by atoms with Gasteiger partial charge in [-0.3, -0.25) is 4.79 Å². The maximum Gasteiger partial charge on any atom is 0.416 e. The second kappa shape index (κ2) is 7.12. The van der Waals surface area contributed by atoms with E-state index in [1.54, 1.807) is 0 Å². The first-order valence-electron chi connectivity index (χ1n) is 8.53. The first-order chi connectivity index (χ1) is 11.9. The molecule has 2 nitrogen and oxygen atoms in total. The van der Waals surface area contributed by atoms with Crippen molar-refractivity contribution in [2.45, 2.75) is 64.3 Å². The molecule has 0 radical (unpaired) electrons. The van der Waals surface area contributed by atoms with Gasteiger partial charge in [0.2, 0.25) is 0 Å². The number of alkyl halides is 6. The van der Waals surface area contributed by atoms with Gasteiger partial charge in [-0.25, -0.2) is 0 Å². The molecule has 0 spiro atoms. The summed E-state index contributed by atoms with van der Waals surface area (Å²) in [6, 6.07) is 0.744.